The van der Waals surface area contributed by atoms with E-state index in [2.05, 4.69) is 4.13 Å². The second kappa shape index (κ2) is 8.32. The number of nitrogens with zero attached hydrogens (tertiary/aromatic N) is 2. The van der Waals surface area contributed by atoms with E-state index in [9.17, 15) is 18.5 Å². The fourth-order valence-electron chi connectivity index (χ4n) is 2.34. The lowest BCUT2D eigenvalue weighted by Crippen LogP contribution is -2.25. The third-order valence-corrected chi connectivity index (χ3v) is 6.04. The Labute approximate surface area is 151 Å². The molecule has 2 aromatic carbocycles. The summed E-state index contributed by atoms with van der Waals surface area (Å²) in [5.74, 6) is 0. The minimum Gasteiger partial charge on any atom is -0.368 e. The van der Waals surface area contributed by atoms with E-state index in [0.29, 0.717) is 6.54 Å². The molecule has 25 heavy (non-hydrogen) atoms. The van der Waals surface area contributed by atoms with Crippen LogP contribution in [0.3, 0.4) is 0 Å². The maximum absolute atomic E-state index is 12.7. The zero-order chi connectivity index (χ0) is 18.4. The SMILES string of the molecule is CCCN(C)c1c([N+](=O)[O-])cccc1S(=O)(=O)NSc1ccccc1. The van der Waals surface area contributed by atoms with Crippen LogP contribution in [0.15, 0.2) is 58.3 Å². The Morgan fingerprint density at radius 3 is 2.44 bits per heavy atom. The topological polar surface area (TPSA) is 92.5 Å². The van der Waals surface area contributed by atoms with Crippen molar-refractivity contribution >= 4 is 33.3 Å². The number of rotatable bonds is 8. The van der Waals surface area contributed by atoms with Gasteiger partial charge in [0.2, 0.25) is 0 Å². The lowest BCUT2D eigenvalue weighted by molar-refractivity contribution is -0.384. The molecule has 0 atom stereocenters. The molecule has 0 saturated carbocycles. The summed E-state index contributed by atoms with van der Waals surface area (Å²) in [5.41, 5.74) is -0.140. The van der Waals surface area contributed by atoms with Gasteiger partial charge in [0.15, 0.2) is 0 Å². The van der Waals surface area contributed by atoms with Crippen molar-refractivity contribution in [3.63, 3.8) is 0 Å². The second-order valence-corrected chi connectivity index (χ2v) is 8.09. The third-order valence-electron chi connectivity index (χ3n) is 3.42. The van der Waals surface area contributed by atoms with Crippen molar-refractivity contribution < 1.29 is 13.3 Å². The molecule has 0 aliphatic heterocycles. The number of nitro groups is 1. The molecule has 7 nitrogen and oxygen atoms in total. The van der Waals surface area contributed by atoms with Crippen LogP contribution in [-0.4, -0.2) is 26.9 Å². The lowest BCUT2D eigenvalue weighted by Gasteiger charge is -2.21. The summed E-state index contributed by atoms with van der Waals surface area (Å²) in [7, 11) is -2.29. The predicted molar refractivity (Wildman–Crippen MR) is 99.3 cm³/mol. The Morgan fingerprint density at radius 2 is 1.84 bits per heavy atom. The maximum Gasteiger partial charge on any atom is 0.293 e. The normalized spacial score (nSPS) is 11.3. The summed E-state index contributed by atoms with van der Waals surface area (Å²) in [6.07, 6.45) is 0.730. The Balaban J connectivity index is 2.42. The van der Waals surface area contributed by atoms with Crippen LogP contribution in [0.5, 0.6) is 0 Å². The van der Waals surface area contributed by atoms with Crippen LogP contribution < -0.4 is 9.03 Å². The van der Waals surface area contributed by atoms with Crippen molar-refractivity contribution in [1.82, 2.24) is 4.13 Å². The minimum absolute atomic E-state index is 0.0931. The van der Waals surface area contributed by atoms with Crippen LogP contribution in [0.1, 0.15) is 13.3 Å². The maximum atomic E-state index is 12.7. The zero-order valence-electron chi connectivity index (χ0n) is 13.9. The third kappa shape index (κ3) is 4.71. The van der Waals surface area contributed by atoms with E-state index < -0.39 is 14.9 Å². The highest BCUT2D eigenvalue weighted by molar-refractivity contribution is 8.09. The first-order valence-corrected chi connectivity index (χ1v) is 9.89. The van der Waals surface area contributed by atoms with Crippen LogP contribution in [0.2, 0.25) is 0 Å². The van der Waals surface area contributed by atoms with Crippen molar-refractivity contribution in [3.8, 4) is 0 Å². The Hall–Kier alpha value is -2.10. The summed E-state index contributed by atoms with van der Waals surface area (Å²) in [4.78, 5) is 13.0. The molecule has 0 bridgehead atoms. The van der Waals surface area contributed by atoms with Crippen LogP contribution in [0.25, 0.3) is 0 Å². The molecule has 2 aromatic rings. The molecule has 134 valence electrons. The predicted octanol–water partition coefficient (Wildman–Crippen LogP) is 3.43. The van der Waals surface area contributed by atoms with Crippen LogP contribution in [0, 0.1) is 10.1 Å². The molecule has 0 amide bonds. The monoisotopic (exact) mass is 381 g/mol. The molecule has 0 fully saturated rings. The van der Waals surface area contributed by atoms with Gasteiger partial charge in [-0.1, -0.05) is 31.2 Å². The van der Waals surface area contributed by atoms with Crippen molar-refractivity contribution in [2.24, 2.45) is 0 Å². The van der Waals surface area contributed by atoms with Crippen LogP contribution in [-0.2, 0) is 10.0 Å². The molecule has 0 spiro atoms. The molecule has 0 saturated heterocycles. The molecular weight excluding hydrogens is 362 g/mol. The van der Waals surface area contributed by atoms with Crippen molar-refractivity contribution in [2.75, 3.05) is 18.5 Å². The molecule has 0 aromatic heterocycles. The first-order chi connectivity index (χ1) is 11.9. The number of anilines is 1. The number of nitrogens with one attached hydrogen (secondary N) is 1. The lowest BCUT2D eigenvalue weighted by atomic mass is 10.2. The van der Waals surface area contributed by atoms with Gasteiger partial charge in [0.1, 0.15) is 10.6 Å². The molecule has 1 N–H and O–H groups in total. The number of benzene rings is 2. The molecule has 0 aliphatic rings. The molecule has 2 rings (SSSR count). The van der Waals surface area contributed by atoms with Crippen LogP contribution >= 0.6 is 11.9 Å². The Morgan fingerprint density at radius 1 is 1.16 bits per heavy atom. The molecule has 9 heteroatoms. The van der Waals surface area contributed by atoms with Crippen molar-refractivity contribution in [1.29, 1.82) is 0 Å². The standard InChI is InChI=1S/C16H19N3O4S2/c1-3-12-18(2)16-14(19(20)21)10-7-11-15(16)25(22,23)17-24-13-8-5-4-6-9-13/h4-11,17H,3,12H2,1-2H3. The van der Waals surface area contributed by atoms with E-state index in [1.807, 2.05) is 13.0 Å². The van der Waals surface area contributed by atoms with Gasteiger partial charge >= 0.3 is 0 Å². The molecule has 0 unspecified atom stereocenters. The van der Waals surface area contributed by atoms with E-state index >= 15 is 0 Å². The highest BCUT2D eigenvalue weighted by atomic mass is 32.3. The number of sulfonamides is 1. The molecule has 0 heterocycles. The number of nitro benzene ring substituents is 1. The number of para-hydroxylation sites is 1. The quantitative estimate of drug-likeness (QED) is 0.428. The van der Waals surface area contributed by atoms with Crippen molar-refractivity contribution in [2.45, 2.75) is 23.1 Å². The van der Waals surface area contributed by atoms with Crippen molar-refractivity contribution in [3.05, 3.63) is 58.6 Å². The fraction of sp³-hybridized carbons (Fsp3) is 0.250. The Kier molecular flexibility index (Phi) is 6.40. The van der Waals surface area contributed by atoms with Gasteiger partial charge in [0.05, 0.1) is 4.92 Å². The summed E-state index contributed by atoms with van der Waals surface area (Å²) >= 11 is 0.944. The molecule has 0 aliphatic carbocycles. The number of hydrogen-bond acceptors (Lipinski definition) is 6. The van der Waals surface area contributed by atoms with Gasteiger partial charge in [-0.15, -0.1) is 4.13 Å². The highest BCUT2D eigenvalue weighted by Crippen LogP contribution is 2.35. The second-order valence-electron chi connectivity index (χ2n) is 5.30. The van der Waals surface area contributed by atoms with E-state index in [0.717, 1.165) is 23.3 Å². The first-order valence-electron chi connectivity index (χ1n) is 7.59. The van der Waals surface area contributed by atoms with Gasteiger partial charge in [-0.05, 0) is 36.6 Å². The van der Waals surface area contributed by atoms with E-state index in [4.69, 9.17) is 0 Å². The smallest absolute Gasteiger partial charge is 0.293 e. The first kappa shape index (κ1) is 19.2. The summed E-state index contributed by atoms with van der Waals surface area (Å²) in [5, 5.41) is 11.3. The minimum atomic E-state index is -3.94. The summed E-state index contributed by atoms with van der Waals surface area (Å²) in [6, 6.07) is 13.0. The van der Waals surface area contributed by atoms with Gasteiger partial charge in [-0.25, -0.2) is 8.42 Å². The highest BCUT2D eigenvalue weighted by Gasteiger charge is 2.28. The van der Waals surface area contributed by atoms with E-state index in [-0.39, 0.29) is 16.3 Å². The molecule has 0 radical (unpaired) electrons. The van der Waals surface area contributed by atoms with Gasteiger partial charge in [-0.2, -0.15) is 0 Å². The van der Waals surface area contributed by atoms with Gasteiger partial charge in [0, 0.05) is 24.6 Å². The molecular formula is C16H19N3O4S2. The van der Waals surface area contributed by atoms with Gasteiger partial charge in [0.25, 0.3) is 15.7 Å². The van der Waals surface area contributed by atoms with Crippen LogP contribution in [0.4, 0.5) is 11.4 Å². The average molecular weight is 381 g/mol. The zero-order valence-corrected chi connectivity index (χ0v) is 15.5. The summed E-state index contributed by atoms with van der Waals surface area (Å²) in [6.45, 7) is 2.42. The average Bonchev–Trinajstić information content (AvgIpc) is 2.60. The van der Waals surface area contributed by atoms with Gasteiger partial charge in [-0.3, -0.25) is 10.1 Å². The largest absolute Gasteiger partial charge is 0.368 e. The number of hydrogen-bond donors (Lipinski definition) is 1. The van der Waals surface area contributed by atoms with E-state index in [1.54, 1.807) is 36.2 Å². The fourth-order valence-corrected chi connectivity index (χ4v) is 4.59. The van der Waals surface area contributed by atoms with E-state index in [1.165, 1.54) is 18.2 Å². The Bertz CT molecular complexity index is 842. The van der Waals surface area contributed by atoms with Gasteiger partial charge < -0.3 is 4.90 Å². The summed E-state index contributed by atoms with van der Waals surface area (Å²) < 4.78 is 27.9.